The third-order valence-corrected chi connectivity index (χ3v) is 4.93. The SMILES string of the molecule is Cc1ccc(Nc2cccc(S(C)(=O)=O)c2N)cc1Br. The first-order valence-corrected chi connectivity index (χ1v) is 8.59. The van der Waals surface area contributed by atoms with Crippen LogP contribution >= 0.6 is 15.9 Å². The van der Waals surface area contributed by atoms with Crippen LogP contribution in [0.2, 0.25) is 0 Å². The van der Waals surface area contributed by atoms with Gasteiger partial charge in [-0.3, -0.25) is 0 Å². The summed E-state index contributed by atoms with van der Waals surface area (Å²) < 4.78 is 24.3. The van der Waals surface area contributed by atoms with E-state index < -0.39 is 9.84 Å². The molecule has 20 heavy (non-hydrogen) atoms. The lowest BCUT2D eigenvalue weighted by Gasteiger charge is -2.13. The second-order valence-corrected chi connectivity index (χ2v) is 7.42. The average Bonchev–Trinajstić information content (AvgIpc) is 2.35. The number of halogens is 1. The number of rotatable bonds is 3. The van der Waals surface area contributed by atoms with Gasteiger partial charge < -0.3 is 11.1 Å². The maximum atomic E-state index is 11.6. The molecule has 2 rings (SSSR count). The number of sulfone groups is 1. The Hall–Kier alpha value is -1.53. The van der Waals surface area contributed by atoms with E-state index in [1.54, 1.807) is 12.1 Å². The Bertz CT molecular complexity index is 758. The molecule has 0 amide bonds. The molecule has 0 aliphatic carbocycles. The van der Waals surface area contributed by atoms with E-state index in [2.05, 4.69) is 21.2 Å². The van der Waals surface area contributed by atoms with Crippen molar-refractivity contribution < 1.29 is 8.42 Å². The van der Waals surface area contributed by atoms with Gasteiger partial charge >= 0.3 is 0 Å². The van der Waals surface area contributed by atoms with Gasteiger partial charge in [0.1, 0.15) is 0 Å². The second-order valence-electron chi connectivity index (χ2n) is 4.58. The monoisotopic (exact) mass is 354 g/mol. The Morgan fingerprint density at radius 1 is 1.20 bits per heavy atom. The molecule has 0 atom stereocenters. The normalized spacial score (nSPS) is 11.3. The van der Waals surface area contributed by atoms with Crippen molar-refractivity contribution in [1.82, 2.24) is 0 Å². The highest BCUT2D eigenvalue weighted by molar-refractivity contribution is 9.10. The fourth-order valence-corrected chi connectivity index (χ4v) is 3.02. The summed E-state index contributed by atoms with van der Waals surface area (Å²) in [4.78, 5) is 0.133. The minimum Gasteiger partial charge on any atom is -0.396 e. The molecule has 0 aromatic heterocycles. The van der Waals surface area contributed by atoms with Gasteiger partial charge in [0.15, 0.2) is 9.84 Å². The fraction of sp³-hybridized carbons (Fsp3) is 0.143. The van der Waals surface area contributed by atoms with E-state index >= 15 is 0 Å². The summed E-state index contributed by atoms with van der Waals surface area (Å²) in [6.45, 7) is 1.99. The van der Waals surface area contributed by atoms with Gasteiger partial charge in [-0.1, -0.05) is 28.1 Å². The number of benzene rings is 2. The molecule has 0 heterocycles. The zero-order valence-corrected chi connectivity index (χ0v) is 13.5. The molecule has 0 fully saturated rings. The third-order valence-electron chi connectivity index (χ3n) is 2.92. The van der Waals surface area contributed by atoms with E-state index in [-0.39, 0.29) is 10.6 Å². The molecule has 0 unspecified atom stereocenters. The van der Waals surface area contributed by atoms with Gasteiger partial charge in [0.25, 0.3) is 0 Å². The van der Waals surface area contributed by atoms with Crippen molar-refractivity contribution in [2.75, 3.05) is 17.3 Å². The highest BCUT2D eigenvalue weighted by Gasteiger charge is 2.14. The molecule has 2 aromatic carbocycles. The first-order valence-electron chi connectivity index (χ1n) is 5.91. The third kappa shape index (κ3) is 3.13. The van der Waals surface area contributed by atoms with E-state index in [9.17, 15) is 8.42 Å². The second kappa shape index (κ2) is 5.46. The number of nitrogens with one attached hydrogen (secondary N) is 1. The van der Waals surface area contributed by atoms with Crippen LogP contribution in [-0.4, -0.2) is 14.7 Å². The van der Waals surface area contributed by atoms with Crippen LogP contribution in [0.1, 0.15) is 5.56 Å². The first kappa shape index (κ1) is 14.9. The molecule has 0 aliphatic rings. The smallest absolute Gasteiger partial charge is 0.177 e. The Morgan fingerprint density at radius 3 is 2.50 bits per heavy atom. The van der Waals surface area contributed by atoms with Crippen molar-refractivity contribution in [3.63, 3.8) is 0 Å². The molecule has 0 radical (unpaired) electrons. The topological polar surface area (TPSA) is 72.2 Å². The Morgan fingerprint density at radius 2 is 1.90 bits per heavy atom. The number of anilines is 3. The van der Waals surface area contributed by atoms with E-state index in [1.165, 1.54) is 6.07 Å². The zero-order valence-electron chi connectivity index (χ0n) is 11.1. The van der Waals surface area contributed by atoms with Crippen LogP contribution in [0.25, 0.3) is 0 Å². The van der Waals surface area contributed by atoms with Gasteiger partial charge in [0.05, 0.1) is 16.3 Å². The standard InChI is InChI=1S/C14H15BrN2O2S/c1-9-6-7-10(8-11(9)15)17-12-4-3-5-13(14(12)16)20(2,18)19/h3-8,17H,16H2,1-2H3. The van der Waals surface area contributed by atoms with Gasteiger partial charge in [0.2, 0.25) is 0 Å². The average molecular weight is 355 g/mol. The van der Waals surface area contributed by atoms with Crippen LogP contribution in [0.15, 0.2) is 45.8 Å². The largest absolute Gasteiger partial charge is 0.396 e. The summed E-state index contributed by atoms with van der Waals surface area (Å²) in [6.07, 6.45) is 1.14. The number of nitrogen functional groups attached to an aromatic ring is 1. The van der Waals surface area contributed by atoms with Crippen molar-refractivity contribution >= 4 is 42.8 Å². The van der Waals surface area contributed by atoms with Crippen molar-refractivity contribution in [1.29, 1.82) is 0 Å². The lowest BCUT2D eigenvalue weighted by atomic mass is 10.2. The van der Waals surface area contributed by atoms with Crippen LogP contribution in [0.3, 0.4) is 0 Å². The van der Waals surface area contributed by atoms with E-state index in [1.807, 2.05) is 25.1 Å². The summed E-state index contributed by atoms with van der Waals surface area (Å²) in [7, 11) is -3.34. The number of nitrogens with two attached hydrogens (primary N) is 1. The molecule has 106 valence electrons. The molecule has 3 N–H and O–H groups in total. The molecular formula is C14H15BrN2O2S. The highest BCUT2D eigenvalue weighted by atomic mass is 79.9. The summed E-state index contributed by atoms with van der Waals surface area (Å²) in [5.41, 5.74) is 8.69. The van der Waals surface area contributed by atoms with Crippen LogP contribution in [0, 0.1) is 6.92 Å². The van der Waals surface area contributed by atoms with Gasteiger partial charge in [-0.2, -0.15) is 0 Å². The number of hydrogen-bond acceptors (Lipinski definition) is 4. The molecule has 2 aromatic rings. The number of para-hydroxylation sites is 1. The van der Waals surface area contributed by atoms with Crippen molar-refractivity contribution in [3.05, 3.63) is 46.4 Å². The summed E-state index contributed by atoms with van der Waals surface area (Å²) >= 11 is 3.46. The molecule has 4 nitrogen and oxygen atoms in total. The van der Waals surface area contributed by atoms with Crippen molar-refractivity contribution in [3.8, 4) is 0 Å². The molecule has 0 saturated carbocycles. The van der Waals surface area contributed by atoms with E-state index in [0.717, 1.165) is 22.0 Å². The highest BCUT2D eigenvalue weighted by Crippen LogP contribution is 2.30. The maximum absolute atomic E-state index is 11.6. The minimum atomic E-state index is -3.34. The van der Waals surface area contributed by atoms with Gasteiger partial charge in [-0.15, -0.1) is 0 Å². The summed E-state index contributed by atoms with van der Waals surface area (Å²) in [5, 5.41) is 3.13. The van der Waals surface area contributed by atoms with Gasteiger partial charge in [-0.05, 0) is 36.8 Å². The van der Waals surface area contributed by atoms with Crippen LogP contribution in [0.4, 0.5) is 17.1 Å². The Balaban J connectivity index is 2.42. The fourth-order valence-electron chi connectivity index (χ4n) is 1.80. The van der Waals surface area contributed by atoms with Crippen molar-refractivity contribution in [2.24, 2.45) is 0 Å². The van der Waals surface area contributed by atoms with E-state index in [0.29, 0.717) is 5.69 Å². The molecular weight excluding hydrogens is 340 g/mol. The quantitative estimate of drug-likeness (QED) is 0.827. The minimum absolute atomic E-state index is 0.133. The predicted octanol–water partition coefficient (Wildman–Crippen LogP) is 3.49. The lowest BCUT2D eigenvalue weighted by Crippen LogP contribution is -2.05. The number of hydrogen-bond donors (Lipinski definition) is 2. The molecule has 6 heteroatoms. The van der Waals surface area contributed by atoms with Gasteiger partial charge in [-0.25, -0.2) is 8.42 Å². The van der Waals surface area contributed by atoms with Gasteiger partial charge in [0, 0.05) is 16.4 Å². The van der Waals surface area contributed by atoms with Crippen LogP contribution in [-0.2, 0) is 9.84 Å². The van der Waals surface area contributed by atoms with Crippen molar-refractivity contribution in [2.45, 2.75) is 11.8 Å². The maximum Gasteiger partial charge on any atom is 0.177 e. The first-order chi connectivity index (χ1) is 9.29. The summed E-state index contributed by atoms with van der Waals surface area (Å²) in [6, 6.07) is 10.7. The molecule has 0 saturated heterocycles. The lowest BCUT2D eigenvalue weighted by molar-refractivity contribution is 0.602. The molecule has 0 aliphatic heterocycles. The predicted molar refractivity (Wildman–Crippen MR) is 86.1 cm³/mol. The molecule has 0 bridgehead atoms. The Kier molecular flexibility index (Phi) is 4.06. The van der Waals surface area contributed by atoms with Crippen LogP contribution < -0.4 is 11.1 Å². The van der Waals surface area contributed by atoms with Crippen LogP contribution in [0.5, 0.6) is 0 Å². The zero-order chi connectivity index (χ0) is 14.9. The molecule has 0 spiro atoms. The summed E-state index contributed by atoms with van der Waals surface area (Å²) in [5.74, 6) is 0. The number of aryl methyl sites for hydroxylation is 1. The van der Waals surface area contributed by atoms with E-state index in [4.69, 9.17) is 5.73 Å². The Labute approximate surface area is 127 Å².